The largest absolute Gasteiger partial charge is 0.477 e. The molecule has 0 saturated heterocycles. The van der Waals surface area contributed by atoms with Gasteiger partial charge in [-0.25, -0.2) is 4.79 Å². The fraction of sp³-hybridized carbons (Fsp3) is 0.308. The Labute approximate surface area is 107 Å². The molecule has 0 aliphatic heterocycles. The number of hydrogen-bond donors (Lipinski definition) is 2. The van der Waals surface area contributed by atoms with Crippen molar-refractivity contribution in [1.82, 2.24) is 5.48 Å². The van der Waals surface area contributed by atoms with E-state index < -0.39 is 5.97 Å². The molecule has 0 aromatic heterocycles. The van der Waals surface area contributed by atoms with Crippen LogP contribution in [-0.2, 0) is 9.63 Å². The minimum Gasteiger partial charge on any atom is -0.477 e. The lowest BCUT2D eigenvalue weighted by Gasteiger charge is -2.18. The minimum absolute atomic E-state index is 0.161. The monoisotopic (exact) mass is 250 g/mol. The summed E-state index contributed by atoms with van der Waals surface area (Å²) in [5.74, 6) is -1.11. The molecule has 0 saturated carbocycles. The van der Waals surface area contributed by atoms with Gasteiger partial charge < -0.3 is 10.0 Å². The second kappa shape index (κ2) is 7.34. The summed E-state index contributed by atoms with van der Waals surface area (Å²) in [6, 6.07) is 10.0. The Hall–Kier alpha value is -2.01. The number of carbonyl (C=O) groups is 1. The molecule has 2 N–H and O–H groups in total. The molecule has 98 valence electrons. The molecule has 0 spiro atoms. The molecule has 0 amide bonds. The first-order valence-electron chi connectivity index (χ1n) is 5.67. The first-order valence-corrected chi connectivity index (χ1v) is 5.67. The highest BCUT2D eigenvalue weighted by Crippen LogP contribution is 2.10. The molecule has 0 aliphatic carbocycles. The lowest BCUT2D eigenvalue weighted by molar-refractivity contribution is -0.134. The maximum Gasteiger partial charge on any atom is 0.353 e. The number of carboxylic acid groups (broad SMARTS) is 1. The molecule has 0 unspecified atom stereocenters. The standard InChI is InChI=1S/C13H18N2O3/c1-11(13(16)17)14-18-10-6-9-15(2)12-7-4-3-5-8-12/h3-5,7-8,14H,1,6,9-10H2,2H3,(H,16,17). The molecule has 0 atom stereocenters. The van der Waals surface area contributed by atoms with Crippen LogP contribution in [0.3, 0.4) is 0 Å². The van der Waals surface area contributed by atoms with Crippen LogP contribution in [0.4, 0.5) is 5.69 Å². The number of hydroxylamine groups is 1. The van der Waals surface area contributed by atoms with Gasteiger partial charge in [0.15, 0.2) is 0 Å². The topological polar surface area (TPSA) is 61.8 Å². The Morgan fingerprint density at radius 2 is 2.11 bits per heavy atom. The van der Waals surface area contributed by atoms with Crippen molar-refractivity contribution in [1.29, 1.82) is 0 Å². The molecule has 1 rings (SSSR count). The predicted molar refractivity (Wildman–Crippen MR) is 70.2 cm³/mol. The average molecular weight is 250 g/mol. The summed E-state index contributed by atoms with van der Waals surface area (Å²) in [5.41, 5.74) is 3.26. The molecule has 1 aromatic carbocycles. The maximum absolute atomic E-state index is 10.4. The van der Waals surface area contributed by atoms with Crippen LogP contribution in [0.2, 0.25) is 0 Å². The van der Waals surface area contributed by atoms with Crippen molar-refractivity contribution >= 4 is 11.7 Å². The third-order valence-electron chi connectivity index (χ3n) is 2.39. The molecular formula is C13H18N2O3. The number of aliphatic carboxylic acids is 1. The Kier molecular flexibility index (Phi) is 5.73. The molecule has 18 heavy (non-hydrogen) atoms. The molecule has 1 aromatic rings. The van der Waals surface area contributed by atoms with E-state index in [0.717, 1.165) is 18.7 Å². The quantitative estimate of drug-likeness (QED) is 0.417. The summed E-state index contributed by atoms with van der Waals surface area (Å²) < 4.78 is 0. The van der Waals surface area contributed by atoms with Crippen molar-refractivity contribution in [3.63, 3.8) is 0 Å². The lowest BCUT2D eigenvalue weighted by atomic mass is 10.3. The summed E-state index contributed by atoms with van der Waals surface area (Å²) in [6.45, 7) is 4.53. The summed E-state index contributed by atoms with van der Waals surface area (Å²) in [5, 5.41) is 8.53. The van der Waals surface area contributed by atoms with Gasteiger partial charge in [-0.2, -0.15) is 0 Å². The van der Waals surface area contributed by atoms with E-state index in [1.54, 1.807) is 0 Å². The molecule has 0 heterocycles. The molecule has 5 nitrogen and oxygen atoms in total. The van der Waals surface area contributed by atoms with Gasteiger partial charge in [-0.15, -0.1) is 0 Å². The van der Waals surface area contributed by atoms with Crippen LogP contribution in [0.1, 0.15) is 6.42 Å². The summed E-state index contributed by atoms with van der Waals surface area (Å²) in [6.07, 6.45) is 0.783. The van der Waals surface area contributed by atoms with E-state index in [9.17, 15) is 4.79 Å². The Morgan fingerprint density at radius 3 is 2.72 bits per heavy atom. The van der Waals surface area contributed by atoms with Crippen LogP contribution >= 0.6 is 0 Å². The summed E-state index contributed by atoms with van der Waals surface area (Å²) in [4.78, 5) is 17.5. The van der Waals surface area contributed by atoms with Crippen molar-refractivity contribution < 1.29 is 14.7 Å². The van der Waals surface area contributed by atoms with Gasteiger partial charge in [0.25, 0.3) is 0 Å². The van der Waals surface area contributed by atoms with E-state index in [1.807, 2.05) is 37.4 Å². The fourth-order valence-corrected chi connectivity index (χ4v) is 1.37. The zero-order valence-electron chi connectivity index (χ0n) is 10.4. The average Bonchev–Trinajstić information content (AvgIpc) is 2.38. The van der Waals surface area contributed by atoms with E-state index in [0.29, 0.717) is 6.61 Å². The van der Waals surface area contributed by atoms with E-state index >= 15 is 0 Å². The molecule has 5 heteroatoms. The number of nitrogens with zero attached hydrogens (tertiary/aromatic N) is 1. The van der Waals surface area contributed by atoms with Crippen LogP contribution in [0.5, 0.6) is 0 Å². The number of hydrogen-bond acceptors (Lipinski definition) is 4. The van der Waals surface area contributed by atoms with Crippen molar-refractivity contribution in [2.24, 2.45) is 0 Å². The minimum atomic E-state index is -1.11. The third-order valence-corrected chi connectivity index (χ3v) is 2.39. The zero-order valence-corrected chi connectivity index (χ0v) is 10.4. The Balaban J connectivity index is 2.15. The van der Waals surface area contributed by atoms with Crippen molar-refractivity contribution in [2.75, 3.05) is 25.1 Å². The van der Waals surface area contributed by atoms with Gasteiger partial charge in [-0.1, -0.05) is 24.8 Å². The fourth-order valence-electron chi connectivity index (χ4n) is 1.37. The van der Waals surface area contributed by atoms with Crippen LogP contribution in [-0.4, -0.2) is 31.3 Å². The van der Waals surface area contributed by atoms with Gasteiger partial charge in [-0.05, 0) is 18.6 Å². The molecule has 0 aliphatic rings. The van der Waals surface area contributed by atoms with E-state index in [2.05, 4.69) is 17.0 Å². The lowest BCUT2D eigenvalue weighted by Crippen LogP contribution is -2.23. The first-order chi connectivity index (χ1) is 8.61. The van der Waals surface area contributed by atoms with E-state index in [1.165, 1.54) is 0 Å². The van der Waals surface area contributed by atoms with Gasteiger partial charge in [0.1, 0.15) is 5.70 Å². The van der Waals surface area contributed by atoms with Gasteiger partial charge >= 0.3 is 5.97 Å². The first kappa shape index (κ1) is 14.1. The van der Waals surface area contributed by atoms with Gasteiger partial charge in [-0.3, -0.25) is 10.3 Å². The van der Waals surface area contributed by atoms with E-state index in [4.69, 9.17) is 9.94 Å². The SMILES string of the molecule is C=C(NOCCCN(C)c1ccccc1)C(=O)O. The smallest absolute Gasteiger partial charge is 0.353 e. The van der Waals surface area contributed by atoms with Crippen LogP contribution in [0.25, 0.3) is 0 Å². The summed E-state index contributed by atoms with van der Waals surface area (Å²) in [7, 11) is 2.00. The van der Waals surface area contributed by atoms with E-state index in [-0.39, 0.29) is 5.70 Å². The number of anilines is 1. The Morgan fingerprint density at radius 1 is 1.44 bits per heavy atom. The molecule has 0 bridgehead atoms. The number of benzene rings is 1. The van der Waals surface area contributed by atoms with Crippen molar-refractivity contribution in [3.8, 4) is 0 Å². The number of carboxylic acids is 1. The summed E-state index contributed by atoms with van der Waals surface area (Å²) >= 11 is 0. The molecule has 0 radical (unpaired) electrons. The highest BCUT2D eigenvalue weighted by Gasteiger charge is 2.03. The van der Waals surface area contributed by atoms with Gasteiger partial charge in [0.2, 0.25) is 0 Å². The highest BCUT2D eigenvalue weighted by atomic mass is 16.6. The van der Waals surface area contributed by atoms with Crippen LogP contribution < -0.4 is 10.4 Å². The normalized spacial score (nSPS) is 9.83. The highest BCUT2D eigenvalue weighted by molar-refractivity contribution is 5.84. The third kappa shape index (κ3) is 4.88. The van der Waals surface area contributed by atoms with Crippen LogP contribution in [0, 0.1) is 0 Å². The van der Waals surface area contributed by atoms with Gasteiger partial charge in [0, 0.05) is 19.3 Å². The number of para-hydroxylation sites is 1. The van der Waals surface area contributed by atoms with Crippen LogP contribution in [0.15, 0.2) is 42.6 Å². The van der Waals surface area contributed by atoms with Crippen molar-refractivity contribution in [2.45, 2.75) is 6.42 Å². The predicted octanol–water partition coefficient (Wildman–Crippen LogP) is 1.63. The second-order valence-electron chi connectivity index (χ2n) is 3.84. The second-order valence-corrected chi connectivity index (χ2v) is 3.84. The molecule has 0 fully saturated rings. The zero-order chi connectivity index (χ0) is 13.4. The maximum atomic E-state index is 10.4. The number of nitrogens with one attached hydrogen (secondary N) is 1. The van der Waals surface area contributed by atoms with Gasteiger partial charge in [0.05, 0.1) is 6.61 Å². The van der Waals surface area contributed by atoms with Crippen molar-refractivity contribution in [3.05, 3.63) is 42.6 Å². The Bertz CT molecular complexity index is 392. The molecular weight excluding hydrogens is 232 g/mol. The number of rotatable bonds is 8.